The molecule has 2 aliphatic heterocycles. The maximum absolute atomic E-state index is 8.28. The van der Waals surface area contributed by atoms with E-state index in [4.69, 9.17) is 21.7 Å². The fourth-order valence-electron chi connectivity index (χ4n) is 2.80. The van der Waals surface area contributed by atoms with E-state index >= 15 is 0 Å². The van der Waals surface area contributed by atoms with Gasteiger partial charge in [0.15, 0.2) is 5.84 Å². The minimum absolute atomic E-state index is 0.0208. The first kappa shape index (κ1) is 20.6. The number of allylic oxidation sites excluding steroid dienone is 5. The van der Waals surface area contributed by atoms with E-state index in [-0.39, 0.29) is 11.7 Å². The summed E-state index contributed by atoms with van der Waals surface area (Å²) >= 11 is 0. The monoisotopic (exact) mass is 403 g/mol. The van der Waals surface area contributed by atoms with Crippen molar-refractivity contribution in [3.05, 3.63) is 95.0 Å². The van der Waals surface area contributed by atoms with Gasteiger partial charge in [-0.3, -0.25) is 5.41 Å². The van der Waals surface area contributed by atoms with Gasteiger partial charge in [-0.05, 0) is 58.6 Å². The van der Waals surface area contributed by atoms with Gasteiger partial charge in [-0.2, -0.15) is 0 Å². The van der Waals surface area contributed by atoms with Crippen molar-refractivity contribution in [2.45, 2.75) is 6.92 Å². The third-order valence-electron chi connectivity index (χ3n) is 4.20. The molecule has 0 bridgehead atoms. The van der Waals surface area contributed by atoms with Crippen LogP contribution in [-0.4, -0.2) is 30.9 Å². The van der Waals surface area contributed by atoms with Gasteiger partial charge in [0.05, 0.1) is 5.57 Å². The van der Waals surface area contributed by atoms with E-state index in [2.05, 4.69) is 21.4 Å². The lowest BCUT2D eigenvalue weighted by molar-refractivity contribution is -0.368. The number of ether oxygens (including phenoxy) is 1. The zero-order chi connectivity index (χ0) is 21.7. The highest BCUT2D eigenvalue weighted by Gasteiger charge is 2.34. The van der Waals surface area contributed by atoms with Gasteiger partial charge in [-0.15, -0.1) is 0 Å². The summed E-state index contributed by atoms with van der Waals surface area (Å²) in [5, 5.41) is 13.1. The number of hydrazone groups is 1. The summed E-state index contributed by atoms with van der Waals surface area (Å²) in [7, 11) is 3.99. The standard InChI is InChI=1S/C22H21N5O3/c1-6-28-30-27-21(23)20(22(24-3)25-27)17-13-15(2)29-19(14-17)12-9-16-7-10-18(11-8-16)26(4)5/h6-14,23H,1H2,2,4-5H3. The van der Waals surface area contributed by atoms with Crippen LogP contribution in [-0.2, 0) is 14.6 Å². The van der Waals surface area contributed by atoms with Crippen LogP contribution in [0.25, 0.3) is 10.9 Å². The molecule has 8 heteroatoms. The number of amidine groups is 2. The third kappa shape index (κ3) is 4.48. The number of hydroxylamine groups is 1. The van der Waals surface area contributed by atoms with Crippen LogP contribution in [0.5, 0.6) is 0 Å². The maximum Gasteiger partial charge on any atom is 0.308 e. The first-order valence-corrected chi connectivity index (χ1v) is 9.00. The summed E-state index contributed by atoms with van der Waals surface area (Å²) in [5.74, 6) is 1.10. The van der Waals surface area contributed by atoms with Crippen LogP contribution in [0, 0.1) is 12.0 Å². The van der Waals surface area contributed by atoms with E-state index < -0.39 is 0 Å². The van der Waals surface area contributed by atoms with Crippen molar-refractivity contribution in [2.75, 3.05) is 19.0 Å². The van der Waals surface area contributed by atoms with Crippen molar-refractivity contribution < 1.29 is 14.6 Å². The molecule has 0 fully saturated rings. The molecule has 0 saturated heterocycles. The van der Waals surface area contributed by atoms with Crippen molar-refractivity contribution >= 4 is 23.4 Å². The van der Waals surface area contributed by atoms with Gasteiger partial charge in [-0.25, -0.2) is 0 Å². The highest BCUT2D eigenvalue weighted by atomic mass is 17.3. The Morgan fingerprint density at radius 2 is 1.97 bits per heavy atom. The van der Waals surface area contributed by atoms with Crippen LogP contribution in [0.3, 0.4) is 0 Å². The number of hydrogen-bond acceptors (Lipinski definition) is 6. The normalized spacial score (nSPS) is 18.4. The molecule has 0 unspecified atom stereocenters. The minimum Gasteiger partial charge on any atom is -0.462 e. The Hall–Kier alpha value is -4.09. The lowest BCUT2D eigenvalue weighted by atomic mass is 10.0. The number of nitrogens with one attached hydrogen (secondary N) is 1. The topological polar surface area (TPSA) is 74.7 Å². The molecule has 0 spiro atoms. The first-order chi connectivity index (χ1) is 14.4. The van der Waals surface area contributed by atoms with E-state index in [1.165, 1.54) is 0 Å². The lowest BCUT2D eigenvalue weighted by Gasteiger charge is -2.15. The molecule has 30 heavy (non-hydrogen) atoms. The molecule has 0 aromatic heterocycles. The summed E-state index contributed by atoms with van der Waals surface area (Å²) in [6, 6.07) is 8.10. The van der Waals surface area contributed by atoms with Crippen molar-refractivity contribution in [2.24, 2.45) is 5.10 Å². The van der Waals surface area contributed by atoms with Crippen LogP contribution in [0.2, 0.25) is 0 Å². The number of anilines is 1. The molecule has 3 rings (SSSR count). The molecule has 0 radical (unpaired) electrons. The number of rotatable bonds is 6. The first-order valence-electron chi connectivity index (χ1n) is 9.00. The molecule has 0 atom stereocenters. The predicted molar refractivity (Wildman–Crippen MR) is 116 cm³/mol. The van der Waals surface area contributed by atoms with E-state index in [1.807, 2.05) is 55.4 Å². The third-order valence-corrected chi connectivity index (χ3v) is 4.20. The highest BCUT2D eigenvalue weighted by Crippen LogP contribution is 2.28. The Labute approximate surface area is 175 Å². The van der Waals surface area contributed by atoms with Crippen molar-refractivity contribution in [3.8, 4) is 0 Å². The Morgan fingerprint density at radius 3 is 2.60 bits per heavy atom. The van der Waals surface area contributed by atoms with Gasteiger partial charge in [0.25, 0.3) is 0 Å². The molecule has 0 amide bonds. The number of benzene rings is 1. The highest BCUT2D eigenvalue weighted by molar-refractivity contribution is 6.29. The average Bonchev–Trinajstić information content (AvgIpc) is 3.06. The summed E-state index contributed by atoms with van der Waals surface area (Å²) in [6.07, 6.45) is 8.32. The van der Waals surface area contributed by atoms with Crippen LogP contribution in [0.15, 0.2) is 83.1 Å². The van der Waals surface area contributed by atoms with E-state index in [1.54, 1.807) is 19.1 Å². The molecule has 152 valence electrons. The molecule has 0 aliphatic carbocycles. The molecule has 2 heterocycles. The van der Waals surface area contributed by atoms with Crippen molar-refractivity contribution in [3.63, 3.8) is 0 Å². The van der Waals surface area contributed by atoms with Gasteiger partial charge in [0, 0.05) is 24.9 Å². The van der Waals surface area contributed by atoms with Crippen molar-refractivity contribution in [1.82, 2.24) is 5.17 Å². The summed E-state index contributed by atoms with van der Waals surface area (Å²) in [6.45, 7) is 12.5. The molecule has 8 nitrogen and oxygen atoms in total. The molecule has 1 aromatic rings. The summed E-state index contributed by atoms with van der Waals surface area (Å²) in [4.78, 5) is 14.9. The van der Waals surface area contributed by atoms with E-state index in [9.17, 15) is 0 Å². The fourth-order valence-corrected chi connectivity index (χ4v) is 2.80. The smallest absolute Gasteiger partial charge is 0.308 e. The minimum atomic E-state index is -0.123. The SMILES string of the molecule is [C-]#[N+]C1=NN(OOC=C)C(=N)C1=C1C=C(C)OC(C=Cc2ccc(N(C)C)cc2)=C1. The number of hydrogen-bond donors (Lipinski definition) is 1. The zero-order valence-electron chi connectivity index (χ0n) is 16.9. The van der Waals surface area contributed by atoms with Gasteiger partial charge >= 0.3 is 5.84 Å². The quantitative estimate of drug-likeness (QED) is 0.330. The van der Waals surface area contributed by atoms with Gasteiger partial charge < -0.3 is 19.4 Å². The second kappa shape index (κ2) is 8.94. The van der Waals surface area contributed by atoms with E-state index in [0.29, 0.717) is 22.7 Å². The molecule has 0 saturated carbocycles. The second-order valence-electron chi connectivity index (χ2n) is 6.55. The van der Waals surface area contributed by atoms with Crippen LogP contribution in [0.1, 0.15) is 12.5 Å². The van der Waals surface area contributed by atoms with Gasteiger partial charge in [-0.1, -0.05) is 31.4 Å². The Morgan fingerprint density at radius 1 is 1.23 bits per heavy atom. The largest absolute Gasteiger partial charge is 0.462 e. The lowest BCUT2D eigenvalue weighted by Crippen LogP contribution is -2.22. The van der Waals surface area contributed by atoms with E-state index in [0.717, 1.165) is 22.7 Å². The van der Waals surface area contributed by atoms with Crippen LogP contribution >= 0.6 is 0 Å². The van der Waals surface area contributed by atoms with Crippen LogP contribution < -0.4 is 4.90 Å². The Bertz CT molecular complexity index is 1050. The predicted octanol–water partition coefficient (Wildman–Crippen LogP) is 4.41. The van der Waals surface area contributed by atoms with Crippen molar-refractivity contribution in [1.29, 1.82) is 5.41 Å². The molecular weight excluding hydrogens is 382 g/mol. The maximum atomic E-state index is 8.28. The molecule has 1 N–H and O–H groups in total. The average molecular weight is 403 g/mol. The van der Waals surface area contributed by atoms with Gasteiger partial charge in [0.2, 0.25) is 0 Å². The molecule has 1 aromatic carbocycles. The summed E-state index contributed by atoms with van der Waals surface area (Å²) < 4.78 is 5.78. The van der Waals surface area contributed by atoms with Gasteiger partial charge in [0.1, 0.15) is 17.8 Å². The fraction of sp³-hybridized carbons (Fsp3) is 0.136. The Kier molecular flexibility index (Phi) is 6.15. The Balaban J connectivity index is 1.89. The molecule has 2 aliphatic rings. The summed E-state index contributed by atoms with van der Waals surface area (Å²) in [5.41, 5.74) is 3.07. The zero-order valence-corrected chi connectivity index (χ0v) is 16.9. The second-order valence-corrected chi connectivity index (χ2v) is 6.55. The van der Waals surface area contributed by atoms with Crippen LogP contribution in [0.4, 0.5) is 5.69 Å². The molecular formula is C22H21N5O3. The number of nitrogens with zero attached hydrogens (tertiary/aromatic N) is 4.